The molecule has 1 atom stereocenters. The van der Waals surface area contributed by atoms with Gasteiger partial charge in [-0.3, -0.25) is 4.99 Å². The summed E-state index contributed by atoms with van der Waals surface area (Å²) in [5.74, 6) is 0. The number of rotatable bonds is 7. The molecule has 3 heterocycles. The molecule has 0 bridgehead atoms. The molecular formula is C59H39N3S. The van der Waals surface area contributed by atoms with Crippen molar-refractivity contribution >= 4 is 64.6 Å². The van der Waals surface area contributed by atoms with E-state index in [1.807, 2.05) is 11.3 Å². The summed E-state index contributed by atoms with van der Waals surface area (Å²) in [6.07, 6.45) is 1.96. The smallest absolute Gasteiger partial charge is 0.145 e. The molecule has 0 saturated heterocycles. The van der Waals surface area contributed by atoms with Crippen molar-refractivity contribution in [3.63, 3.8) is 0 Å². The monoisotopic (exact) mass is 821 g/mol. The number of allylic oxidation sites excluding steroid dienone is 1. The molecule has 11 aromatic rings. The molecule has 1 aliphatic rings. The second kappa shape index (κ2) is 15.5. The zero-order valence-electron chi connectivity index (χ0n) is 34.2. The van der Waals surface area contributed by atoms with E-state index in [9.17, 15) is 0 Å². The zero-order chi connectivity index (χ0) is 41.7. The van der Waals surface area contributed by atoms with Gasteiger partial charge in [0.25, 0.3) is 0 Å². The highest BCUT2D eigenvalue weighted by Crippen LogP contribution is 2.42. The minimum absolute atomic E-state index is 0.245. The van der Waals surface area contributed by atoms with Crippen LogP contribution in [0.3, 0.4) is 0 Å². The van der Waals surface area contributed by atoms with Crippen LogP contribution in [0.2, 0.25) is 0 Å². The van der Waals surface area contributed by atoms with E-state index in [0.29, 0.717) is 0 Å². The second-order valence-electron chi connectivity index (χ2n) is 16.1. The minimum atomic E-state index is -0.245. The Kier molecular flexibility index (Phi) is 9.09. The second-order valence-corrected chi connectivity index (χ2v) is 17.2. The highest BCUT2D eigenvalue weighted by atomic mass is 32.1. The lowest BCUT2D eigenvalue weighted by atomic mass is 9.91. The van der Waals surface area contributed by atoms with E-state index in [1.54, 1.807) is 0 Å². The van der Waals surface area contributed by atoms with Gasteiger partial charge in [-0.25, -0.2) is 4.98 Å². The number of hydrogen-bond acceptors (Lipinski definition) is 4. The van der Waals surface area contributed by atoms with E-state index in [4.69, 9.17) is 9.98 Å². The molecule has 63 heavy (non-hydrogen) atoms. The van der Waals surface area contributed by atoms with Crippen molar-refractivity contribution in [3.8, 4) is 44.6 Å². The predicted octanol–water partition coefficient (Wildman–Crippen LogP) is 15.6. The summed E-state index contributed by atoms with van der Waals surface area (Å²) in [5.41, 5.74) is 15.4. The molecular weight excluding hydrogens is 783 g/mol. The first kappa shape index (κ1) is 36.9. The zero-order valence-corrected chi connectivity index (χ0v) is 35.1. The third-order valence-corrected chi connectivity index (χ3v) is 13.5. The third-order valence-electron chi connectivity index (χ3n) is 12.3. The molecule has 0 radical (unpaired) electrons. The number of aliphatic imine (C=N–C) groups is 1. The largest absolute Gasteiger partial charge is 0.360 e. The summed E-state index contributed by atoms with van der Waals surface area (Å²) in [6.45, 7) is 0. The van der Waals surface area contributed by atoms with Crippen LogP contribution in [-0.4, -0.2) is 10.7 Å². The van der Waals surface area contributed by atoms with Crippen LogP contribution >= 0.6 is 11.3 Å². The predicted molar refractivity (Wildman–Crippen MR) is 267 cm³/mol. The van der Waals surface area contributed by atoms with Crippen molar-refractivity contribution in [2.45, 2.75) is 6.17 Å². The van der Waals surface area contributed by atoms with Gasteiger partial charge < -0.3 is 5.32 Å². The SMILES string of the molecule is C1=C(c2ccc(-c3cccc4c3sc3ccccc34)cc2)NC(c2ccccc2)N=C1c1cccc(-c2ccc3nc(-c4ccccc4)c4cccc(-c5ccccc5)c4c3c2)c1. The van der Waals surface area contributed by atoms with Gasteiger partial charge in [-0.15, -0.1) is 11.3 Å². The number of nitrogens with one attached hydrogen (secondary N) is 1. The van der Waals surface area contributed by atoms with Crippen LogP contribution in [-0.2, 0) is 0 Å². The van der Waals surface area contributed by atoms with Crippen molar-refractivity contribution in [2.24, 2.45) is 4.99 Å². The molecule has 0 amide bonds. The van der Waals surface area contributed by atoms with Crippen LogP contribution in [0.15, 0.2) is 229 Å². The van der Waals surface area contributed by atoms with Crippen molar-refractivity contribution in [2.75, 3.05) is 0 Å². The number of thiophene rings is 1. The highest BCUT2D eigenvalue weighted by Gasteiger charge is 2.21. The van der Waals surface area contributed by atoms with Crippen molar-refractivity contribution in [3.05, 3.63) is 241 Å². The molecule has 1 unspecified atom stereocenters. The summed E-state index contributed by atoms with van der Waals surface area (Å²) >= 11 is 1.87. The van der Waals surface area contributed by atoms with Gasteiger partial charge in [-0.2, -0.15) is 0 Å². The summed E-state index contributed by atoms with van der Waals surface area (Å²) < 4.78 is 2.64. The third kappa shape index (κ3) is 6.69. The van der Waals surface area contributed by atoms with Crippen molar-refractivity contribution in [1.82, 2.24) is 10.3 Å². The molecule has 1 aliphatic heterocycles. The molecule has 3 nitrogen and oxygen atoms in total. The number of nitrogens with zero attached hydrogens (tertiary/aromatic N) is 2. The lowest BCUT2D eigenvalue weighted by molar-refractivity contribution is 0.664. The molecule has 0 saturated carbocycles. The first-order chi connectivity index (χ1) is 31.2. The fourth-order valence-corrected chi connectivity index (χ4v) is 10.5. The van der Waals surface area contributed by atoms with Gasteiger partial charge in [0, 0.05) is 53.2 Å². The van der Waals surface area contributed by atoms with E-state index in [2.05, 4.69) is 230 Å². The normalized spacial score (nSPS) is 13.9. The Morgan fingerprint density at radius 3 is 1.81 bits per heavy atom. The Morgan fingerprint density at radius 2 is 1.00 bits per heavy atom. The summed E-state index contributed by atoms with van der Waals surface area (Å²) in [4.78, 5) is 10.7. The van der Waals surface area contributed by atoms with Crippen molar-refractivity contribution in [1.29, 1.82) is 0 Å². The molecule has 9 aromatic carbocycles. The molecule has 0 aliphatic carbocycles. The Hall–Kier alpha value is -7.92. The number of pyridine rings is 1. The molecule has 1 N–H and O–H groups in total. The minimum Gasteiger partial charge on any atom is -0.360 e. The first-order valence-corrected chi connectivity index (χ1v) is 22.2. The summed E-state index contributed by atoms with van der Waals surface area (Å²) in [6, 6.07) is 78.2. The number of hydrogen-bond donors (Lipinski definition) is 1. The quantitative estimate of drug-likeness (QED) is 0.163. The maximum Gasteiger partial charge on any atom is 0.145 e. The average molecular weight is 822 g/mol. The van der Waals surface area contributed by atoms with Gasteiger partial charge >= 0.3 is 0 Å². The van der Waals surface area contributed by atoms with Gasteiger partial charge in [0.2, 0.25) is 0 Å². The summed E-state index contributed by atoms with van der Waals surface area (Å²) in [5, 5.41) is 9.88. The topological polar surface area (TPSA) is 37.3 Å². The van der Waals surface area contributed by atoms with E-state index < -0.39 is 0 Å². The van der Waals surface area contributed by atoms with Crippen LogP contribution in [0.25, 0.3) is 92.2 Å². The number of aromatic nitrogens is 1. The average Bonchev–Trinajstić information content (AvgIpc) is 3.76. The van der Waals surface area contributed by atoms with Crippen LogP contribution in [0.4, 0.5) is 0 Å². The molecule has 4 heteroatoms. The lowest BCUT2D eigenvalue weighted by Crippen LogP contribution is -2.24. The lowest BCUT2D eigenvalue weighted by Gasteiger charge is -2.25. The Labute approximate surface area is 370 Å². The van der Waals surface area contributed by atoms with Crippen LogP contribution in [0, 0.1) is 0 Å². The maximum absolute atomic E-state index is 5.35. The number of fused-ring (bicyclic) bond motifs is 6. The molecule has 12 rings (SSSR count). The van der Waals surface area contributed by atoms with E-state index in [-0.39, 0.29) is 6.17 Å². The Bertz CT molecular complexity index is 3570. The van der Waals surface area contributed by atoms with Gasteiger partial charge in [0.1, 0.15) is 6.17 Å². The molecule has 0 spiro atoms. The number of benzene rings is 9. The Balaban J connectivity index is 0.950. The van der Waals surface area contributed by atoms with Gasteiger partial charge in [-0.1, -0.05) is 194 Å². The van der Waals surface area contributed by atoms with Crippen molar-refractivity contribution < 1.29 is 0 Å². The standard InChI is InChI=1S/C59H39N3S/c1-4-15-38(16-5-1)46-24-13-27-50-56(46)51-36-44(33-34-52(51)60-57(50)41-17-6-2-7-18-41)43-21-12-22-45(35-43)54-37-53(61-59(62-54)42-19-8-3-9-20-42)40-31-29-39(30-32-40)47-25-14-26-49-48-23-10-11-28-55(48)63-58(47)49/h1-37,59,61H. The Morgan fingerprint density at radius 1 is 0.413 bits per heavy atom. The van der Waals surface area contributed by atoms with Crippen LogP contribution < -0.4 is 5.32 Å². The van der Waals surface area contributed by atoms with Gasteiger partial charge in [-0.05, 0) is 74.8 Å². The van der Waals surface area contributed by atoms with E-state index in [1.165, 1.54) is 47.8 Å². The fourth-order valence-electron chi connectivity index (χ4n) is 9.22. The fraction of sp³-hybridized carbons (Fsp3) is 0.0169. The van der Waals surface area contributed by atoms with Crippen LogP contribution in [0.5, 0.6) is 0 Å². The van der Waals surface area contributed by atoms with E-state index in [0.717, 1.165) is 66.8 Å². The first-order valence-electron chi connectivity index (χ1n) is 21.4. The summed E-state index contributed by atoms with van der Waals surface area (Å²) in [7, 11) is 0. The van der Waals surface area contributed by atoms with E-state index >= 15 is 0 Å². The van der Waals surface area contributed by atoms with Crippen LogP contribution in [0.1, 0.15) is 22.9 Å². The molecule has 0 fully saturated rings. The molecule has 2 aromatic heterocycles. The van der Waals surface area contributed by atoms with Gasteiger partial charge in [0.15, 0.2) is 0 Å². The maximum atomic E-state index is 5.35. The molecule has 296 valence electrons. The highest BCUT2D eigenvalue weighted by molar-refractivity contribution is 7.26. The van der Waals surface area contributed by atoms with Gasteiger partial charge in [0.05, 0.1) is 16.9 Å².